The van der Waals surface area contributed by atoms with E-state index in [1.54, 1.807) is 17.8 Å². The van der Waals surface area contributed by atoms with E-state index in [9.17, 15) is 14.3 Å². The molecule has 0 atom stereocenters. The number of halogens is 1. The zero-order chi connectivity index (χ0) is 20.2. The van der Waals surface area contributed by atoms with Gasteiger partial charge in [-0.15, -0.1) is 11.3 Å². The summed E-state index contributed by atoms with van der Waals surface area (Å²) in [6.45, 7) is 2.73. The quantitative estimate of drug-likeness (QED) is 0.638. The van der Waals surface area contributed by atoms with E-state index in [4.69, 9.17) is 0 Å². The van der Waals surface area contributed by atoms with E-state index in [1.165, 1.54) is 28.4 Å². The molecule has 0 aliphatic carbocycles. The molecule has 0 spiro atoms. The summed E-state index contributed by atoms with van der Waals surface area (Å²) < 4.78 is 13.3. The van der Waals surface area contributed by atoms with Crippen molar-refractivity contribution < 1.29 is 14.3 Å². The van der Waals surface area contributed by atoms with Crippen LogP contribution in [0.4, 0.5) is 15.0 Å². The maximum absolute atomic E-state index is 13.3. The number of pyridine rings is 1. The van der Waals surface area contributed by atoms with Crippen molar-refractivity contribution in [3.8, 4) is 0 Å². The first-order valence-corrected chi connectivity index (χ1v) is 10.6. The third kappa shape index (κ3) is 4.82. The van der Waals surface area contributed by atoms with Gasteiger partial charge in [0, 0.05) is 36.1 Å². The fourth-order valence-electron chi connectivity index (χ4n) is 3.80. The van der Waals surface area contributed by atoms with Crippen LogP contribution in [0, 0.1) is 11.7 Å². The average molecular weight is 415 g/mol. The Labute approximate surface area is 172 Å². The highest BCUT2D eigenvalue weighted by atomic mass is 32.1. The monoisotopic (exact) mass is 414 g/mol. The fourth-order valence-corrected chi connectivity index (χ4v) is 4.41. The Hall–Kier alpha value is -2.74. The number of nitrogens with zero attached hydrogens (tertiary/aromatic N) is 4. The van der Waals surface area contributed by atoms with Crippen LogP contribution < -0.4 is 4.90 Å². The molecule has 1 fully saturated rings. The number of aromatic nitrogens is 2. The smallest absolute Gasteiger partial charge is 0.407 e. The molecule has 1 amide bonds. The third-order valence-corrected chi connectivity index (χ3v) is 6.25. The number of anilines is 1. The van der Waals surface area contributed by atoms with E-state index in [-0.39, 0.29) is 5.82 Å². The van der Waals surface area contributed by atoms with E-state index in [1.807, 2.05) is 12.1 Å². The molecule has 152 valence electrons. The molecular weight excluding hydrogens is 391 g/mol. The van der Waals surface area contributed by atoms with Crippen LogP contribution in [0.2, 0.25) is 0 Å². The Balaban J connectivity index is 1.31. The SMILES string of the molecule is O=C(O)N(CCC1CCN(c2ccc3cc(F)ccc3n2)CC1)Cc1cncs1. The lowest BCUT2D eigenvalue weighted by atomic mass is 9.93. The first-order chi connectivity index (χ1) is 14.1. The van der Waals surface area contributed by atoms with Crippen molar-refractivity contribution in [3.05, 3.63) is 52.7 Å². The van der Waals surface area contributed by atoms with E-state index >= 15 is 0 Å². The average Bonchev–Trinajstić information content (AvgIpc) is 3.24. The first kappa shape index (κ1) is 19.6. The predicted octanol–water partition coefficient (Wildman–Crippen LogP) is 4.62. The number of thiazole rings is 1. The van der Waals surface area contributed by atoms with Crippen LogP contribution >= 0.6 is 11.3 Å². The van der Waals surface area contributed by atoms with Gasteiger partial charge in [0.2, 0.25) is 0 Å². The van der Waals surface area contributed by atoms with Crippen molar-refractivity contribution in [2.75, 3.05) is 24.5 Å². The van der Waals surface area contributed by atoms with E-state index in [2.05, 4.69) is 14.9 Å². The van der Waals surface area contributed by atoms with Crippen molar-refractivity contribution >= 4 is 34.2 Å². The Morgan fingerprint density at radius 2 is 2.10 bits per heavy atom. The minimum Gasteiger partial charge on any atom is -0.465 e. The Kier molecular flexibility index (Phi) is 5.89. The van der Waals surface area contributed by atoms with Gasteiger partial charge in [-0.3, -0.25) is 4.98 Å². The van der Waals surface area contributed by atoms with Crippen molar-refractivity contribution in [1.29, 1.82) is 0 Å². The molecule has 3 aromatic rings. The zero-order valence-electron chi connectivity index (χ0n) is 16.0. The molecule has 2 aromatic heterocycles. The van der Waals surface area contributed by atoms with Crippen molar-refractivity contribution in [3.63, 3.8) is 0 Å². The third-order valence-electron chi connectivity index (χ3n) is 5.48. The van der Waals surface area contributed by atoms with Gasteiger partial charge in [-0.25, -0.2) is 14.2 Å². The van der Waals surface area contributed by atoms with Crippen molar-refractivity contribution in [2.24, 2.45) is 5.92 Å². The summed E-state index contributed by atoms with van der Waals surface area (Å²) in [6.07, 6.45) is 3.73. The molecule has 4 rings (SSSR count). The Bertz CT molecular complexity index is 974. The van der Waals surface area contributed by atoms with Gasteiger partial charge >= 0.3 is 6.09 Å². The minimum atomic E-state index is -0.882. The second-order valence-corrected chi connectivity index (χ2v) is 8.37. The van der Waals surface area contributed by atoms with Gasteiger partial charge < -0.3 is 14.9 Å². The van der Waals surface area contributed by atoms with Gasteiger partial charge in [-0.1, -0.05) is 0 Å². The molecule has 29 heavy (non-hydrogen) atoms. The summed E-state index contributed by atoms with van der Waals surface area (Å²) >= 11 is 1.48. The molecule has 0 radical (unpaired) electrons. The number of carbonyl (C=O) groups is 1. The standard InChI is InChI=1S/C21H23FN4O2S/c22-17-2-3-19-16(11-17)1-4-20(24-19)25-8-5-15(6-9-25)7-10-26(21(27)28)13-18-12-23-14-29-18/h1-4,11-12,14-15H,5-10,13H2,(H,27,28). The second-order valence-electron chi connectivity index (χ2n) is 7.40. The van der Waals surface area contributed by atoms with E-state index < -0.39 is 6.09 Å². The highest BCUT2D eigenvalue weighted by Crippen LogP contribution is 2.26. The van der Waals surface area contributed by atoms with Crippen LogP contribution in [-0.4, -0.2) is 45.7 Å². The minimum absolute atomic E-state index is 0.251. The van der Waals surface area contributed by atoms with Crippen LogP contribution in [0.3, 0.4) is 0 Å². The molecule has 1 aliphatic rings. The highest BCUT2D eigenvalue weighted by molar-refractivity contribution is 7.09. The lowest BCUT2D eigenvalue weighted by Gasteiger charge is -2.33. The molecule has 8 heteroatoms. The molecule has 1 saturated heterocycles. The number of carboxylic acid groups (broad SMARTS) is 1. The summed E-state index contributed by atoms with van der Waals surface area (Å²) in [5, 5.41) is 10.3. The number of benzene rings is 1. The molecule has 0 unspecified atom stereocenters. The van der Waals surface area contributed by atoms with Crippen LogP contribution in [0.15, 0.2) is 42.0 Å². The molecule has 1 aromatic carbocycles. The van der Waals surface area contributed by atoms with Crippen LogP contribution in [0.5, 0.6) is 0 Å². The van der Waals surface area contributed by atoms with Gasteiger partial charge in [-0.05, 0) is 55.5 Å². The van der Waals surface area contributed by atoms with E-state index in [0.717, 1.165) is 53.9 Å². The summed E-state index contributed by atoms with van der Waals surface area (Å²) in [6, 6.07) is 8.51. The Morgan fingerprint density at radius 3 is 2.83 bits per heavy atom. The number of rotatable bonds is 6. The number of hydrogen-bond donors (Lipinski definition) is 1. The van der Waals surface area contributed by atoms with Gasteiger partial charge in [-0.2, -0.15) is 0 Å². The molecule has 3 heterocycles. The molecule has 1 aliphatic heterocycles. The maximum atomic E-state index is 13.3. The van der Waals surface area contributed by atoms with Crippen molar-refractivity contribution in [2.45, 2.75) is 25.8 Å². The Morgan fingerprint density at radius 1 is 1.28 bits per heavy atom. The molecular formula is C21H23FN4O2S. The van der Waals surface area contributed by atoms with Crippen LogP contribution in [-0.2, 0) is 6.54 Å². The predicted molar refractivity (Wildman–Crippen MR) is 112 cm³/mol. The number of amides is 1. The largest absolute Gasteiger partial charge is 0.465 e. The summed E-state index contributed by atoms with van der Waals surface area (Å²) in [4.78, 5) is 24.9. The number of fused-ring (bicyclic) bond motifs is 1. The van der Waals surface area contributed by atoms with Gasteiger partial charge in [0.15, 0.2) is 0 Å². The molecule has 6 nitrogen and oxygen atoms in total. The van der Waals surface area contributed by atoms with Crippen molar-refractivity contribution in [1.82, 2.24) is 14.9 Å². The number of piperidine rings is 1. The number of hydrogen-bond acceptors (Lipinski definition) is 5. The molecule has 1 N–H and O–H groups in total. The first-order valence-electron chi connectivity index (χ1n) is 9.75. The summed E-state index contributed by atoms with van der Waals surface area (Å²) in [5.41, 5.74) is 2.52. The van der Waals surface area contributed by atoms with E-state index in [0.29, 0.717) is 19.0 Å². The summed E-state index contributed by atoms with van der Waals surface area (Å²) in [5.74, 6) is 1.17. The zero-order valence-corrected chi connectivity index (χ0v) is 16.8. The summed E-state index contributed by atoms with van der Waals surface area (Å²) in [7, 11) is 0. The van der Waals surface area contributed by atoms with Crippen LogP contribution in [0.1, 0.15) is 24.1 Å². The van der Waals surface area contributed by atoms with Gasteiger partial charge in [0.1, 0.15) is 11.6 Å². The van der Waals surface area contributed by atoms with Gasteiger partial charge in [0.25, 0.3) is 0 Å². The van der Waals surface area contributed by atoms with Gasteiger partial charge in [0.05, 0.1) is 17.6 Å². The van der Waals surface area contributed by atoms with Crippen LogP contribution in [0.25, 0.3) is 10.9 Å². The maximum Gasteiger partial charge on any atom is 0.407 e. The fraction of sp³-hybridized carbons (Fsp3) is 0.381. The molecule has 0 saturated carbocycles. The lowest BCUT2D eigenvalue weighted by molar-refractivity contribution is 0.138. The normalized spacial score (nSPS) is 15.0. The topological polar surface area (TPSA) is 69.6 Å². The molecule has 0 bridgehead atoms. The lowest BCUT2D eigenvalue weighted by Crippen LogP contribution is -2.36. The highest BCUT2D eigenvalue weighted by Gasteiger charge is 2.22. The second kappa shape index (κ2) is 8.73.